The molecule has 0 saturated heterocycles. The third-order valence-corrected chi connectivity index (χ3v) is 2.83. The Balaban J connectivity index is 2.52. The van der Waals surface area contributed by atoms with Crippen molar-refractivity contribution in [3.8, 4) is 11.4 Å². The first-order chi connectivity index (χ1) is 8.26. The summed E-state index contributed by atoms with van der Waals surface area (Å²) in [6.07, 6.45) is 1.57. The van der Waals surface area contributed by atoms with Crippen LogP contribution in [0.25, 0.3) is 11.4 Å². The number of hydrogen-bond donors (Lipinski definition) is 1. The lowest BCUT2D eigenvalue weighted by Crippen LogP contribution is -2.08. The van der Waals surface area contributed by atoms with Gasteiger partial charge in [0.25, 0.3) is 0 Å². The molecule has 0 spiro atoms. The van der Waals surface area contributed by atoms with Crippen LogP contribution in [0.4, 0.5) is 0 Å². The maximum Gasteiger partial charge on any atom is 0.158 e. The molecule has 2 rings (SSSR count). The summed E-state index contributed by atoms with van der Waals surface area (Å²) < 4.78 is 1.87. The Morgan fingerprint density at radius 1 is 1.41 bits per heavy atom. The Hall–Kier alpha value is -1.39. The van der Waals surface area contributed by atoms with E-state index in [-0.39, 0.29) is 0 Å². The predicted molar refractivity (Wildman–Crippen MR) is 68.9 cm³/mol. The molecule has 0 radical (unpaired) electrons. The largest absolute Gasteiger partial charge is 0.316 e. The highest BCUT2D eigenvalue weighted by molar-refractivity contribution is 6.30. The van der Waals surface area contributed by atoms with Crippen LogP contribution in [0.2, 0.25) is 5.02 Å². The molecule has 1 aromatic carbocycles. The molecule has 1 aromatic heterocycles. The van der Waals surface area contributed by atoms with E-state index >= 15 is 0 Å². The van der Waals surface area contributed by atoms with Crippen molar-refractivity contribution >= 4 is 11.6 Å². The van der Waals surface area contributed by atoms with Crippen molar-refractivity contribution in [1.29, 1.82) is 0 Å². The SMILES string of the molecule is CCn1ncnc1-c1cc(Cl)ccc1CNC. The standard InChI is InChI=1S/C12H15ClN4/c1-3-17-12(15-8-16-17)11-6-10(13)5-4-9(11)7-14-2/h4-6,8,14H,3,7H2,1-2H3. The lowest BCUT2D eigenvalue weighted by Gasteiger charge is -2.10. The summed E-state index contributed by atoms with van der Waals surface area (Å²) in [4.78, 5) is 4.31. The van der Waals surface area contributed by atoms with Crippen LogP contribution in [0.1, 0.15) is 12.5 Å². The summed E-state index contributed by atoms with van der Waals surface area (Å²) in [6.45, 7) is 3.62. The first kappa shape index (κ1) is 12.1. The van der Waals surface area contributed by atoms with Crippen LogP contribution >= 0.6 is 11.6 Å². The molecule has 0 fully saturated rings. The molecule has 90 valence electrons. The monoisotopic (exact) mass is 250 g/mol. The maximum absolute atomic E-state index is 6.05. The summed E-state index contributed by atoms with van der Waals surface area (Å²) in [7, 11) is 1.92. The van der Waals surface area contributed by atoms with Crippen LogP contribution in [-0.4, -0.2) is 21.8 Å². The van der Waals surface area contributed by atoms with Crippen LogP contribution in [0, 0.1) is 0 Å². The molecule has 1 N–H and O–H groups in total. The van der Waals surface area contributed by atoms with E-state index in [0.29, 0.717) is 5.02 Å². The molecular formula is C12H15ClN4. The second-order valence-electron chi connectivity index (χ2n) is 3.73. The maximum atomic E-state index is 6.05. The lowest BCUT2D eigenvalue weighted by molar-refractivity contribution is 0.664. The molecule has 0 unspecified atom stereocenters. The van der Waals surface area contributed by atoms with E-state index in [0.717, 1.165) is 24.5 Å². The van der Waals surface area contributed by atoms with E-state index in [1.54, 1.807) is 6.33 Å². The zero-order valence-corrected chi connectivity index (χ0v) is 10.7. The molecule has 0 bridgehead atoms. The molecule has 1 heterocycles. The fraction of sp³-hybridized carbons (Fsp3) is 0.333. The highest BCUT2D eigenvalue weighted by atomic mass is 35.5. The summed E-state index contributed by atoms with van der Waals surface area (Å²) >= 11 is 6.05. The highest BCUT2D eigenvalue weighted by Gasteiger charge is 2.11. The smallest absolute Gasteiger partial charge is 0.158 e. The van der Waals surface area contributed by atoms with Gasteiger partial charge >= 0.3 is 0 Å². The van der Waals surface area contributed by atoms with Gasteiger partial charge in [0.1, 0.15) is 6.33 Å². The van der Waals surface area contributed by atoms with E-state index in [4.69, 9.17) is 11.6 Å². The summed E-state index contributed by atoms with van der Waals surface area (Å²) in [5, 5.41) is 8.04. The van der Waals surface area contributed by atoms with Gasteiger partial charge < -0.3 is 5.32 Å². The van der Waals surface area contributed by atoms with Crippen molar-refractivity contribution in [3.05, 3.63) is 35.1 Å². The Kier molecular flexibility index (Phi) is 3.76. The van der Waals surface area contributed by atoms with Gasteiger partial charge in [-0.2, -0.15) is 5.10 Å². The van der Waals surface area contributed by atoms with Crippen molar-refractivity contribution in [3.63, 3.8) is 0 Å². The van der Waals surface area contributed by atoms with Crippen molar-refractivity contribution < 1.29 is 0 Å². The molecule has 0 aliphatic rings. The molecule has 0 saturated carbocycles. The Morgan fingerprint density at radius 3 is 2.94 bits per heavy atom. The second kappa shape index (κ2) is 5.29. The number of rotatable bonds is 4. The second-order valence-corrected chi connectivity index (χ2v) is 4.17. The third kappa shape index (κ3) is 2.48. The van der Waals surface area contributed by atoms with Crippen molar-refractivity contribution in [2.75, 3.05) is 7.05 Å². The Labute approximate surface area is 106 Å². The molecule has 0 amide bonds. The minimum atomic E-state index is 0.713. The van der Waals surface area contributed by atoms with E-state index in [9.17, 15) is 0 Å². The number of aryl methyl sites for hydroxylation is 1. The zero-order valence-electron chi connectivity index (χ0n) is 9.94. The molecule has 5 heteroatoms. The summed E-state index contributed by atoms with van der Waals surface area (Å²) in [5.41, 5.74) is 2.20. The number of halogens is 1. The topological polar surface area (TPSA) is 42.7 Å². The fourth-order valence-corrected chi connectivity index (χ4v) is 1.98. The van der Waals surface area contributed by atoms with Gasteiger partial charge in [0.2, 0.25) is 0 Å². The number of hydrogen-bond acceptors (Lipinski definition) is 3. The quantitative estimate of drug-likeness (QED) is 0.906. The number of nitrogens with one attached hydrogen (secondary N) is 1. The zero-order chi connectivity index (χ0) is 12.3. The van der Waals surface area contributed by atoms with Gasteiger partial charge in [0, 0.05) is 23.7 Å². The van der Waals surface area contributed by atoms with E-state index in [1.165, 1.54) is 5.56 Å². The first-order valence-corrected chi connectivity index (χ1v) is 5.95. The number of aromatic nitrogens is 3. The van der Waals surface area contributed by atoms with E-state index in [1.807, 2.05) is 36.9 Å². The minimum absolute atomic E-state index is 0.713. The fourth-order valence-electron chi connectivity index (χ4n) is 1.81. The van der Waals surface area contributed by atoms with Crippen molar-refractivity contribution in [2.24, 2.45) is 0 Å². The Bertz CT molecular complexity index is 507. The van der Waals surface area contributed by atoms with Crippen LogP contribution in [0.3, 0.4) is 0 Å². The van der Waals surface area contributed by atoms with E-state index < -0.39 is 0 Å². The van der Waals surface area contributed by atoms with Gasteiger partial charge in [-0.05, 0) is 31.7 Å². The summed E-state index contributed by atoms with van der Waals surface area (Å²) in [6, 6.07) is 5.84. The number of nitrogens with zero attached hydrogens (tertiary/aromatic N) is 3. The number of benzene rings is 1. The average molecular weight is 251 g/mol. The van der Waals surface area contributed by atoms with Crippen LogP contribution in [0.5, 0.6) is 0 Å². The average Bonchev–Trinajstić information content (AvgIpc) is 2.79. The third-order valence-electron chi connectivity index (χ3n) is 2.60. The van der Waals surface area contributed by atoms with Crippen LogP contribution in [-0.2, 0) is 13.1 Å². The molecule has 0 atom stereocenters. The van der Waals surface area contributed by atoms with Gasteiger partial charge in [-0.15, -0.1) is 0 Å². The molecule has 4 nitrogen and oxygen atoms in total. The first-order valence-electron chi connectivity index (χ1n) is 5.57. The van der Waals surface area contributed by atoms with Crippen LogP contribution < -0.4 is 5.32 Å². The van der Waals surface area contributed by atoms with Gasteiger partial charge in [0.15, 0.2) is 5.82 Å². The van der Waals surface area contributed by atoms with Crippen LogP contribution in [0.15, 0.2) is 24.5 Å². The lowest BCUT2D eigenvalue weighted by atomic mass is 10.1. The normalized spacial score (nSPS) is 10.8. The van der Waals surface area contributed by atoms with Gasteiger partial charge in [-0.25, -0.2) is 9.67 Å². The van der Waals surface area contributed by atoms with Gasteiger partial charge in [-0.1, -0.05) is 17.7 Å². The highest BCUT2D eigenvalue weighted by Crippen LogP contribution is 2.25. The Morgan fingerprint density at radius 2 is 2.24 bits per heavy atom. The minimum Gasteiger partial charge on any atom is -0.316 e. The van der Waals surface area contributed by atoms with Crippen molar-refractivity contribution in [2.45, 2.75) is 20.0 Å². The van der Waals surface area contributed by atoms with E-state index in [2.05, 4.69) is 15.4 Å². The molecular weight excluding hydrogens is 236 g/mol. The molecule has 17 heavy (non-hydrogen) atoms. The van der Waals surface area contributed by atoms with Gasteiger partial charge in [-0.3, -0.25) is 0 Å². The molecule has 0 aliphatic carbocycles. The van der Waals surface area contributed by atoms with Crippen molar-refractivity contribution in [1.82, 2.24) is 20.1 Å². The molecule has 2 aromatic rings. The predicted octanol–water partition coefficient (Wildman–Crippen LogP) is 2.34. The van der Waals surface area contributed by atoms with Gasteiger partial charge in [0.05, 0.1) is 0 Å². The summed E-state index contributed by atoms with van der Waals surface area (Å²) in [5.74, 6) is 0.861. The molecule has 0 aliphatic heterocycles.